The first-order chi connectivity index (χ1) is 11.8. The Kier molecular flexibility index (Phi) is 5.98. The van der Waals surface area contributed by atoms with Gasteiger partial charge in [0.2, 0.25) is 5.91 Å². The van der Waals surface area contributed by atoms with E-state index in [-0.39, 0.29) is 24.2 Å². The van der Waals surface area contributed by atoms with Crippen LogP contribution in [0.5, 0.6) is 0 Å². The van der Waals surface area contributed by atoms with Crippen molar-refractivity contribution < 1.29 is 4.79 Å². The molecule has 1 aliphatic heterocycles. The smallest absolute Gasteiger partial charge is 0.223 e. The Morgan fingerprint density at radius 2 is 2.00 bits per heavy atom. The molecule has 3 unspecified atom stereocenters. The summed E-state index contributed by atoms with van der Waals surface area (Å²) >= 11 is 0. The molecule has 1 heterocycles. The Labute approximate surface area is 156 Å². The highest BCUT2D eigenvalue weighted by Crippen LogP contribution is 2.49. The zero-order chi connectivity index (χ0) is 16.4. The van der Waals surface area contributed by atoms with Crippen LogP contribution in [-0.4, -0.2) is 25.5 Å². The molecular weight excluding hydrogens is 332 g/mol. The topological polar surface area (TPSA) is 41.1 Å². The van der Waals surface area contributed by atoms with Gasteiger partial charge in [0.1, 0.15) is 0 Å². The number of fused-ring (bicyclic) bond motifs is 1. The maximum atomic E-state index is 12.4. The molecule has 0 spiro atoms. The van der Waals surface area contributed by atoms with Gasteiger partial charge in [-0.2, -0.15) is 0 Å². The lowest BCUT2D eigenvalue weighted by atomic mass is 9.96. The van der Waals surface area contributed by atoms with Crippen LogP contribution in [0, 0.1) is 11.8 Å². The number of hydrogen-bond donors (Lipinski definition) is 2. The summed E-state index contributed by atoms with van der Waals surface area (Å²) in [5.41, 5.74) is 1.34. The first kappa shape index (κ1) is 18.2. The summed E-state index contributed by atoms with van der Waals surface area (Å²) in [6.07, 6.45) is 4.66. The molecule has 1 amide bonds. The molecule has 4 rings (SSSR count). The van der Waals surface area contributed by atoms with Crippen molar-refractivity contribution in [1.29, 1.82) is 0 Å². The Morgan fingerprint density at radius 1 is 1.16 bits per heavy atom. The monoisotopic (exact) mass is 358 g/mol. The lowest BCUT2D eigenvalue weighted by Crippen LogP contribution is -2.33. The minimum absolute atomic E-state index is 0. The number of piperidine rings is 1. The van der Waals surface area contributed by atoms with E-state index in [0.29, 0.717) is 5.92 Å². The van der Waals surface area contributed by atoms with E-state index in [1.165, 1.54) is 29.2 Å². The maximum Gasteiger partial charge on any atom is 0.223 e. The second-order valence-electron chi connectivity index (χ2n) is 7.31. The van der Waals surface area contributed by atoms with E-state index < -0.39 is 0 Å². The molecule has 1 aliphatic carbocycles. The molecule has 2 aromatic carbocycles. The fourth-order valence-corrected chi connectivity index (χ4v) is 4.10. The van der Waals surface area contributed by atoms with Crippen molar-refractivity contribution in [3.63, 3.8) is 0 Å². The fraction of sp³-hybridized carbons (Fsp3) is 0.476. The van der Waals surface area contributed by atoms with Crippen molar-refractivity contribution in [3.8, 4) is 0 Å². The van der Waals surface area contributed by atoms with Crippen LogP contribution in [0.2, 0.25) is 0 Å². The van der Waals surface area contributed by atoms with Gasteiger partial charge in [-0.3, -0.25) is 4.79 Å². The van der Waals surface area contributed by atoms with Gasteiger partial charge in [-0.1, -0.05) is 42.5 Å². The fourth-order valence-electron chi connectivity index (χ4n) is 4.10. The highest BCUT2D eigenvalue weighted by Gasteiger charge is 2.44. The molecule has 3 nitrogen and oxygen atoms in total. The minimum atomic E-state index is 0. The third-order valence-electron chi connectivity index (χ3n) is 5.60. The summed E-state index contributed by atoms with van der Waals surface area (Å²) in [6, 6.07) is 14.9. The quantitative estimate of drug-likeness (QED) is 0.851. The summed E-state index contributed by atoms with van der Waals surface area (Å²) < 4.78 is 0. The molecule has 134 valence electrons. The molecule has 2 aromatic rings. The Balaban J connectivity index is 0.00000182. The number of benzene rings is 2. The Bertz CT molecular complexity index is 721. The van der Waals surface area contributed by atoms with Gasteiger partial charge >= 0.3 is 0 Å². The van der Waals surface area contributed by atoms with Crippen LogP contribution in [0.25, 0.3) is 10.8 Å². The van der Waals surface area contributed by atoms with Crippen molar-refractivity contribution in [2.75, 3.05) is 19.6 Å². The molecular formula is C21H27ClN2O. The van der Waals surface area contributed by atoms with Crippen LogP contribution in [0.3, 0.4) is 0 Å². The molecule has 3 atom stereocenters. The summed E-state index contributed by atoms with van der Waals surface area (Å²) in [7, 11) is 0. The number of amides is 1. The highest BCUT2D eigenvalue weighted by molar-refractivity contribution is 5.89. The molecule has 1 saturated heterocycles. The van der Waals surface area contributed by atoms with E-state index >= 15 is 0 Å². The molecule has 0 radical (unpaired) electrons. The van der Waals surface area contributed by atoms with Gasteiger partial charge in [0.15, 0.2) is 0 Å². The molecule has 2 aliphatic rings. The van der Waals surface area contributed by atoms with E-state index in [1.807, 2.05) is 0 Å². The first-order valence-corrected chi connectivity index (χ1v) is 9.29. The number of nitrogens with one attached hydrogen (secondary N) is 2. The standard InChI is InChI=1S/C21H26N2O.ClH/c24-21(23-12-10-15-5-4-11-22-14-15)20-13-19(20)18-9-3-7-16-6-1-2-8-17(16)18;/h1-3,6-9,15,19-20,22H,4-5,10-14H2,(H,23,24);1H. The molecule has 25 heavy (non-hydrogen) atoms. The van der Waals surface area contributed by atoms with Gasteiger partial charge in [-0.15, -0.1) is 12.4 Å². The van der Waals surface area contributed by atoms with Gasteiger partial charge < -0.3 is 10.6 Å². The van der Waals surface area contributed by atoms with Crippen LogP contribution in [0.1, 0.15) is 37.2 Å². The van der Waals surface area contributed by atoms with Gasteiger partial charge in [-0.05, 0) is 66.9 Å². The van der Waals surface area contributed by atoms with Crippen LogP contribution in [-0.2, 0) is 4.79 Å². The van der Waals surface area contributed by atoms with Gasteiger partial charge in [0, 0.05) is 12.5 Å². The second-order valence-corrected chi connectivity index (χ2v) is 7.31. The maximum absolute atomic E-state index is 12.4. The first-order valence-electron chi connectivity index (χ1n) is 9.29. The zero-order valence-corrected chi connectivity index (χ0v) is 15.4. The van der Waals surface area contributed by atoms with Crippen molar-refractivity contribution in [2.45, 2.75) is 31.6 Å². The van der Waals surface area contributed by atoms with Crippen LogP contribution in [0.4, 0.5) is 0 Å². The molecule has 4 heteroatoms. The number of hydrogen-bond acceptors (Lipinski definition) is 2. The largest absolute Gasteiger partial charge is 0.356 e. The third-order valence-corrected chi connectivity index (χ3v) is 5.60. The molecule has 2 N–H and O–H groups in total. The van der Waals surface area contributed by atoms with Gasteiger partial charge in [0.05, 0.1) is 0 Å². The molecule has 0 aromatic heterocycles. The Morgan fingerprint density at radius 3 is 2.84 bits per heavy atom. The lowest BCUT2D eigenvalue weighted by Gasteiger charge is -2.22. The van der Waals surface area contributed by atoms with Gasteiger partial charge in [0.25, 0.3) is 0 Å². The number of rotatable bonds is 5. The van der Waals surface area contributed by atoms with Crippen LogP contribution >= 0.6 is 12.4 Å². The zero-order valence-electron chi connectivity index (χ0n) is 14.5. The summed E-state index contributed by atoms with van der Waals surface area (Å²) in [5, 5.41) is 9.18. The van der Waals surface area contributed by atoms with Crippen molar-refractivity contribution >= 4 is 29.1 Å². The number of carbonyl (C=O) groups excluding carboxylic acids is 1. The lowest BCUT2D eigenvalue weighted by molar-refractivity contribution is -0.122. The number of carbonyl (C=O) groups is 1. The second kappa shape index (κ2) is 8.20. The summed E-state index contributed by atoms with van der Waals surface area (Å²) in [6.45, 7) is 3.08. The van der Waals surface area contributed by atoms with E-state index in [4.69, 9.17) is 0 Å². The molecule has 2 fully saturated rings. The van der Waals surface area contributed by atoms with E-state index in [1.54, 1.807) is 0 Å². The highest BCUT2D eigenvalue weighted by atomic mass is 35.5. The number of halogens is 1. The molecule has 0 bridgehead atoms. The van der Waals surface area contributed by atoms with Crippen molar-refractivity contribution in [3.05, 3.63) is 48.0 Å². The summed E-state index contributed by atoms with van der Waals surface area (Å²) in [5.74, 6) is 1.54. The predicted molar refractivity (Wildman–Crippen MR) is 105 cm³/mol. The average molecular weight is 359 g/mol. The average Bonchev–Trinajstić information content (AvgIpc) is 3.43. The summed E-state index contributed by atoms with van der Waals surface area (Å²) in [4.78, 5) is 12.4. The molecule has 1 saturated carbocycles. The SMILES string of the molecule is Cl.O=C(NCCC1CCCNC1)C1CC1c1cccc2ccccc12. The van der Waals surface area contributed by atoms with Crippen LogP contribution in [0.15, 0.2) is 42.5 Å². The van der Waals surface area contributed by atoms with Crippen molar-refractivity contribution in [2.24, 2.45) is 11.8 Å². The normalized spacial score (nSPS) is 25.2. The van der Waals surface area contributed by atoms with Crippen molar-refractivity contribution in [1.82, 2.24) is 10.6 Å². The van der Waals surface area contributed by atoms with Gasteiger partial charge in [-0.25, -0.2) is 0 Å². The van der Waals surface area contributed by atoms with E-state index in [9.17, 15) is 4.79 Å². The van der Waals surface area contributed by atoms with E-state index in [2.05, 4.69) is 53.1 Å². The Hall–Kier alpha value is -1.58. The van der Waals surface area contributed by atoms with E-state index in [0.717, 1.165) is 38.4 Å². The predicted octanol–water partition coefficient (Wildman–Crippen LogP) is 3.87. The minimum Gasteiger partial charge on any atom is -0.356 e. The van der Waals surface area contributed by atoms with Crippen LogP contribution < -0.4 is 10.6 Å². The third kappa shape index (κ3) is 4.16.